The number of ether oxygens (including phenoxy) is 4. The predicted octanol–water partition coefficient (Wildman–Crippen LogP) is 4.31. The minimum Gasteiger partial charge on any atom is -0.474 e. The third-order valence-electron chi connectivity index (χ3n) is 9.04. The molecule has 0 radical (unpaired) electrons. The summed E-state index contributed by atoms with van der Waals surface area (Å²) >= 11 is 6.67. The summed E-state index contributed by atoms with van der Waals surface area (Å²) in [6.07, 6.45) is 3.51. The van der Waals surface area contributed by atoms with E-state index in [4.69, 9.17) is 35.5 Å². The van der Waals surface area contributed by atoms with Gasteiger partial charge in [0.2, 0.25) is 5.88 Å². The molecule has 3 aliphatic heterocycles. The highest BCUT2D eigenvalue weighted by atomic mass is 35.5. The molecule has 1 aromatic carbocycles. The minimum absolute atomic E-state index is 0.0424. The second-order valence-corrected chi connectivity index (χ2v) is 11.6. The number of nitrogens with zero attached hydrogens (tertiary/aromatic N) is 3. The highest BCUT2D eigenvalue weighted by Gasteiger charge is 2.75. The molecule has 2 spiro atoms. The van der Waals surface area contributed by atoms with Crippen LogP contribution in [0, 0.1) is 22.2 Å². The van der Waals surface area contributed by atoms with E-state index < -0.39 is 0 Å². The Morgan fingerprint density at radius 3 is 2.65 bits per heavy atom. The summed E-state index contributed by atoms with van der Waals surface area (Å²) in [5.74, 6) is 0.449. The maximum absolute atomic E-state index is 10.0. The van der Waals surface area contributed by atoms with Gasteiger partial charge < -0.3 is 28.8 Å². The van der Waals surface area contributed by atoms with Crippen LogP contribution in [-0.2, 0) is 14.2 Å². The third-order valence-corrected chi connectivity index (χ3v) is 9.33. The highest BCUT2D eigenvalue weighted by molar-refractivity contribution is 6.33. The number of nitrogens with one attached hydrogen (secondary N) is 1. The van der Waals surface area contributed by atoms with Gasteiger partial charge >= 0.3 is 0 Å². The quantitative estimate of drug-likeness (QED) is 0.550. The van der Waals surface area contributed by atoms with Crippen molar-refractivity contribution in [3.05, 3.63) is 40.9 Å². The van der Waals surface area contributed by atoms with Crippen LogP contribution in [0.4, 0.5) is 5.69 Å². The Morgan fingerprint density at radius 1 is 1.11 bits per heavy atom. The molecule has 3 saturated heterocycles. The van der Waals surface area contributed by atoms with Gasteiger partial charge in [-0.25, -0.2) is 4.98 Å². The average molecular weight is 519 g/mol. The lowest BCUT2D eigenvalue weighted by Gasteiger charge is -2.28. The van der Waals surface area contributed by atoms with Crippen molar-refractivity contribution in [2.24, 2.45) is 10.8 Å². The number of aromatic amines is 1. The molecule has 3 aromatic rings. The van der Waals surface area contributed by atoms with Crippen LogP contribution in [0.3, 0.4) is 0 Å². The van der Waals surface area contributed by atoms with Gasteiger partial charge in [0.25, 0.3) is 0 Å². The van der Waals surface area contributed by atoms with Crippen molar-refractivity contribution in [1.29, 1.82) is 5.26 Å². The molecule has 5 fully saturated rings. The first kappa shape index (κ1) is 22.2. The van der Waals surface area contributed by atoms with E-state index in [0.29, 0.717) is 39.8 Å². The van der Waals surface area contributed by atoms with E-state index in [1.807, 2.05) is 18.2 Å². The number of aromatic nitrogens is 2. The van der Waals surface area contributed by atoms with Crippen molar-refractivity contribution in [1.82, 2.24) is 9.97 Å². The lowest BCUT2D eigenvalue weighted by Crippen LogP contribution is -2.36. The van der Waals surface area contributed by atoms with Gasteiger partial charge in [0.15, 0.2) is 0 Å². The van der Waals surface area contributed by atoms with Crippen LogP contribution >= 0.6 is 11.6 Å². The summed E-state index contributed by atoms with van der Waals surface area (Å²) in [5, 5.41) is 10.6. The second-order valence-electron chi connectivity index (χ2n) is 11.2. The molecule has 0 bridgehead atoms. The maximum atomic E-state index is 10.0. The molecule has 5 heterocycles. The van der Waals surface area contributed by atoms with E-state index in [1.54, 1.807) is 0 Å². The largest absolute Gasteiger partial charge is 0.474 e. The molecule has 8 rings (SSSR count). The number of anilines is 1. The molecule has 0 amide bonds. The fraction of sp³-hybridized carbons (Fsp3) is 0.500. The Morgan fingerprint density at radius 2 is 1.89 bits per heavy atom. The zero-order valence-corrected chi connectivity index (χ0v) is 21.1. The average Bonchev–Trinajstić information content (AvgIpc) is 3.71. The second kappa shape index (κ2) is 7.84. The van der Waals surface area contributed by atoms with E-state index in [0.717, 1.165) is 50.6 Å². The molecule has 2 aromatic heterocycles. The first-order valence-electron chi connectivity index (χ1n) is 13.1. The lowest BCUT2D eigenvalue weighted by molar-refractivity contribution is 0.0469. The standard InChI is InChI=1S/C28H27ClN4O4/c29-19-11-20-23(32-22(19)16-1-3-17(4-2-16)33-7-9-34-10-8-33)18(13-30)26(31-20)37-21-12-28(21)15-36-24-25(28)35-14-27(24)5-6-27/h1-4,11,21,24-25,31H,5-10,12,14-15H2/t21?,24?,25-,28?/m0/s1. The number of hydrogen-bond donors (Lipinski definition) is 1. The number of hydrogen-bond acceptors (Lipinski definition) is 7. The highest BCUT2D eigenvalue weighted by Crippen LogP contribution is 2.67. The van der Waals surface area contributed by atoms with Crippen LogP contribution < -0.4 is 9.64 Å². The van der Waals surface area contributed by atoms with Crippen LogP contribution in [-0.4, -0.2) is 67.8 Å². The zero-order valence-electron chi connectivity index (χ0n) is 20.3. The van der Waals surface area contributed by atoms with Crippen LogP contribution in [0.5, 0.6) is 5.88 Å². The fourth-order valence-electron chi connectivity index (χ4n) is 6.55. The third kappa shape index (κ3) is 3.28. The summed E-state index contributed by atoms with van der Waals surface area (Å²) in [5.41, 5.74) is 4.49. The molecule has 9 heteroatoms. The predicted molar refractivity (Wildman–Crippen MR) is 137 cm³/mol. The number of fused-ring (bicyclic) bond motifs is 4. The minimum atomic E-state index is -0.112. The molecule has 3 unspecified atom stereocenters. The van der Waals surface area contributed by atoms with Gasteiger partial charge in [-0.1, -0.05) is 23.7 Å². The summed E-state index contributed by atoms with van der Waals surface area (Å²) in [7, 11) is 0. The summed E-state index contributed by atoms with van der Waals surface area (Å²) < 4.78 is 24.3. The number of halogens is 1. The Bertz CT molecular complexity index is 1440. The van der Waals surface area contributed by atoms with E-state index in [9.17, 15) is 5.26 Å². The summed E-state index contributed by atoms with van der Waals surface area (Å²) in [4.78, 5) is 10.4. The van der Waals surface area contributed by atoms with Crippen molar-refractivity contribution >= 4 is 28.3 Å². The molecule has 190 valence electrons. The van der Waals surface area contributed by atoms with Gasteiger partial charge in [-0.3, -0.25) is 0 Å². The van der Waals surface area contributed by atoms with Gasteiger partial charge in [0.1, 0.15) is 23.3 Å². The van der Waals surface area contributed by atoms with E-state index in [-0.39, 0.29) is 29.1 Å². The molecule has 37 heavy (non-hydrogen) atoms. The van der Waals surface area contributed by atoms with Crippen molar-refractivity contribution in [2.45, 2.75) is 37.6 Å². The van der Waals surface area contributed by atoms with Gasteiger partial charge in [-0.05, 0) is 37.5 Å². The maximum Gasteiger partial charge on any atom is 0.212 e. The number of benzene rings is 1. The van der Waals surface area contributed by atoms with Crippen LogP contribution in [0.15, 0.2) is 30.3 Å². The number of H-pyrrole nitrogens is 1. The smallest absolute Gasteiger partial charge is 0.212 e. The Kier molecular flexibility index (Phi) is 4.70. The van der Waals surface area contributed by atoms with Crippen molar-refractivity contribution in [3.63, 3.8) is 0 Å². The Hall–Kier alpha value is -2.83. The van der Waals surface area contributed by atoms with Crippen molar-refractivity contribution < 1.29 is 18.9 Å². The Labute approximate surface area is 219 Å². The van der Waals surface area contributed by atoms with Crippen LogP contribution in [0.1, 0.15) is 24.8 Å². The van der Waals surface area contributed by atoms with E-state index in [1.165, 1.54) is 12.8 Å². The molecule has 1 N–H and O–H groups in total. The first-order chi connectivity index (χ1) is 18.1. The van der Waals surface area contributed by atoms with Gasteiger partial charge in [-0.2, -0.15) is 5.26 Å². The normalized spacial score (nSPS) is 31.1. The van der Waals surface area contributed by atoms with E-state index in [2.05, 4.69) is 28.1 Å². The van der Waals surface area contributed by atoms with Crippen LogP contribution in [0.2, 0.25) is 5.02 Å². The van der Waals surface area contributed by atoms with Crippen molar-refractivity contribution in [3.8, 4) is 23.2 Å². The molecular formula is C28H27ClN4O4. The molecule has 2 saturated carbocycles. The molecule has 4 atom stereocenters. The zero-order chi connectivity index (χ0) is 24.8. The number of morpholine rings is 1. The van der Waals surface area contributed by atoms with Gasteiger partial charge in [-0.15, -0.1) is 0 Å². The topological polar surface area (TPSA) is 92.6 Å². The van der Waals surface area contributed by atoms with Gasteiger partial charge in [0.05, 0.1) is 60.3 Å². The fourth-order valence-corrected chi connectivity index (χ4v) is 6.81. The number of rotatable bonds is 4. The number of pyridine rings is 1. The number of nitriles is 1. The molecular weight excluding hydrogens is 492 g/mol. The van der Waals surface area contributed by atoms with Gasteiger partial charge in [0, 0.05) is 29.8 Å². The first-order valence-corrected chi connectivity index (χ1v) is 13.4. The van der Waals surface area contributed by atoms with Crippen molar-refractivity contribution in [2.75, 3.05) is 44.4 Å². The molecule has 2 aliphatic carbocycles. The summed E-state index contributed by atoms with van der Waals surface area (Å²) in [6.45, 7) is 4.70. The lowest BCUT2D eigenvalue weighted by atomic mass is 9.92. The van der Waals surface area contributed by atoms with E-state index >= 15 is 0 Å². The molecule has 8 nitrogen and oxygen atoms in total. The molecule has 5 aliphatic rings. The monoisotopic (exact) mass is 518 g/mol. The Balaban J connectivity index is 1.07. The SMILES string of the molecule is N#Cc1c(OC2CC23COC2[C@@H]3OCC23CC3)[nH]c2cc(Cl)c(-c3ccc(N4CCOCC4)cc3)nc12. The van der Waals surface area contributed by atoms with Crippen LogP contribution in [0.25, 0.3) is 22.3 Å². The summed E-state index contributed by atoms with van der Waals surface area (Å²) in [6, 6.07) is 12.4.